The molecule has 5 aromatic rings. The largest absolute Gasteiger partial charge is 0.494 e. The van der Waals surface area contributed by atoms with Gasteiger partial charge in [-0.2, -0.15) is 0 Å². The number of imidazole rings is 1. The summed E-state index contributed by atoms with van der Waals surface area (Å²) >= 11 is 0. The number of sulfonamides is 1. The lowest BCUT2D eigenvalue weighted by atomic mass is 9.99. The zero-order valence-corrected chi connectivity index (χ0v) is 30.5. The van der Waals surface area contributed by atoms with Crippen molar-refractivity contribution in [1.29, 1.82) is 0 Å². The number of benzene rings is 3. The number of carbonyl (C=O) groups excluding carboxylic acids is 1. The molecule has 0 unspecified atom stereocenters. The van der Waals surface area contributed by atoms with Gasteiger partial charge in [0, 0.05) is 35.8 Å². The van der Waals surface area contributed by atoms with Gasteiger partial charge in [0.25, 0.3) is 5.91 Å². The quantitative estimate of drug-likeness (QED) is 0.185. The Morgan fingerprint density at radius 3 is 2.64 bits per heavy atom. The van der Waals surface area contributed by atoms with Crippen LogP contribution in [-0.2, 0) is 40.8 Å². The lowest BCUT2D eigenvalue weighted by Gasteiger charge is -2.27. The van der Waals surface area contributed by atoms with Crippen LogP contribution < -0.4 is 18.9 Å². The van der Waals surface area contributed by atoms with Gasteiger partial charge in [-0.25, -0.2) is 27.5 Å². The number of carbonyl (C=O) groups is 1. The van der Waals surface area contributed by atoms with Gasteiger partial charge < -0.3 is 23.5 Å². The number of methoxy groups -OCH3 is 1. The summed E-state index contributed by atoms with van der Waals surface area (Å²) in [5.74, 6) is 1.22. The van der Waals surface area contributed by atoms with E-state index in [1.54, 1.807) is 18.2 Å². The van der Waals surface area contributed by atoms with Crippen molar-refractivity contribution in [3.63, 3.8) is 0 Å². The van der Waals surface area contributed by atoms with Gasteiger partial charge in [0.05, 0.1) is 43.3 Å². The normalized spacial score (nSPS) is 17.2. The van der Waals surface area contributed by atoms with Gasteiger partial charge in [0.15, 0.2) is 0 Å². The maximum Gasteiger partial charge on any atom is 0.264 e. The molecule has 276 valence electrons. The summed E-state index contributed by atoms with van der Waals surface area (Å²) in [7, 11) is -2.28. The summed E-state index contributed by atoms with van der Waals surface area (Å²) in [5.41, 5.74) is 6.63. The van der Waals surface area contributed by atoms with Crippen LogP contribution >= 0.6 is 0 Å². The van der Waals surface area contributed by atoms with Crippen LogP contribution in [0.4, 0.5) is 4.39 Å². The van der Waals surface area contributed by atoms with E-state index < -0.39 is 15.9 Å². The van der Waals surface area contributed by atoms with Crippen LogP contribution in [0.3, 0.4) is 0 Å². The Balaban J connectivity index is 1.17. The van der Waals surface area contributed by atoms with Gasteiger partial charge in [-0.1, -0.05) is 18.2 Å². The molecule has 2 fully saturated rings. The van der Waals surface area contributed by atoms with Gasteiger partial charge >= 0.3 is 0 Å². The van der Waals surface area contributed by atoms with E-state index in [0.29, 0.717) is 73.3 Å². The molecule has 2 aliphatic heterocycles. The molecule has 53 heavy (non-hydrogen) atoms. The molecule has 3 aromatic carbocycles. The van der Waals surface area contributed by atoms with E-state index in [1.165, 1.54) is 19.2 Å². The Hall–Kier alpha value is -5.01. The Morgan fingerprint density at radius 1 is 1.02 bits per heavy atom. The molecule has 13 heteroatoms. The number of amides is 1. The highest BCUT2D eigenvalue weighted by Gasteiger charge is 2.30. The molecule has 4 bridgehead atoms. The SMILES string of the molecule is COc1cc(C(=O)NS(=O)(=O)CC2CC2)cc2c1nc(Cc1cc(C)c3cc1OCCCc1cc(F)ccc1COc1cccc-3n1)n2C[C@@H]1CCO1. The topological polar surface area (TPSA) is 131 Å². The molecule has 1 aliphatic carbocycles. The molecular formula is C40H41FN4O7S. The molecule has 0 spiro atoms. The fraction of sp³-hybridized carbons (Fsp3) is 0.375. The molecule has 1 amide bonds. The van der Waals surface area contributed by atoms with Crippen molar-refractivity contribution in [1.82, 2.24) is 19.3 Å². The number of hydrogen-bond donors (Lipinski definition) is 1. The summed E-state index contributed by atoms with van der Waals surface area (Å²) in [4.78, 5) is 23.2. The van der Waals surface area contributed by atoms with Crippen LogP contribution in [0.1, 0.15) is 64.1 Å². The van der Waals surface area contributed by atoms with Gasteiger partial charge in [-0.3, -0.25) is 4.79 Å². The van der Waals surface area contributed by atoms with Gasteiger partial charge in [-0.15, -0.1) is 0 Å². The second-order valence-electron chi connectivity index (χ2n) is 14.1. The zero-order chi connectivity index (χ0) is 36.7. The number of aromatic nitrogens is 3. The molecular weight excluding hydrogens is 700 g/mol. The van der Waals surface area contributed by atoms with E-state index in [9.17, 15) is 17.6 Å². The van der Waals surface area contributed by atoms with Crippen LogP contribution in [0.15, 0.2) is 60.7 Å². The number of hydrogen-bond acceptors (Lipinski definition) is 9. The number of ether oxygens (including phenoxy) is 4. The van der Waals surface area contributed by atoms with E-state index >= 15 is 0 Å². The molecule has 1 saturated heterocycles. The molecule has 1 N–H and O–H groups in total. The molecule has 3 aliphatic rings. The van der Waals surface area contributed by atoms with E-state index in [-0.39, 0.29) is 35.8 Å². The minimum Gasteiger partial charge on any atom is -0.494 e. The number of fused-ring (bicyclic) bond motifs is 7. The minimum absolute atomic E-state index is 0.0415. The van der Waals surface area contributed by atoms with Crippen molar-refractivity contribution in [2.75, 3.05) is 26.1 Å². The van der Waals surface area contributed by atoms with Crippen molar-refractivity contribution in [2.45, 2.75) is 64.7 Å². The maximum absolute atomic E-state index is 14.3. The fourth-order valence-electron chi connectivity index (χ4n) is 7.01. The molecule has 11 nitrogen and oxygen atoms in total. The third-order valence-corrected chi connectivity index (χ3v) is 11.5. The predicted octanol–water partition coefficient (Wildman–Crippen LogP) is 6.31. The maximum atomic E-state index is 14.3. The van der Waals surface area contributed by atoms with Crippen molar-refractivity contribution in [3.05, 3.63) is 100 Å². The highest BCUT2D eigenvalue weighted by molar-refractivity contribution is 7.90. The molecule has 1 saturated carbocycles. The van der Waals surface area contributed by atoms with Crippen molar-refractivity contribution in [2.24, 2.45) is 5.92 Å². The Labute approximate surface area is 307 Å². The summed E-state index contributed by atoms with van der Waals surface area (Å²) in [6.07, 6.45) is 4.17. The first kappa shape index (κ1) is 35.0. The van der Waals surface area contributed by atoms with Crippen molar-refractivity contribution in [3.8, 4) is 28.6 Å². The van der Waals surface area contributed by atoms with Gasteiger partial charge in [0.1, 0.15) is 35.3 Å². The van der Waals surface area contributed by atoms with Gasteiger partial charge in [-0.05, 0) is 98.0 Å². The molecule has 8 rings (SSSR count). The first-order valence-corrected chi connectivity index (χ1v) is 19.6. The highest BCUT2D eigenvalue weighted by atomic mass is 32.2. The Kier molecular flexibility index (Phi) is 9.54. The third kappa shape index (κ3) is 7.72. The van der Waals surface area contributed by atoms with Crippen LogP contribution in [0.25, 0.3) is 22.3 Å². The lowest BCUT2D eigenvalue weighted by Crippen LogP contribution is -2.33. The predicted molar refractivity (Wildman–Crippen MR) is 196 cm³/mol. The van der Waals surface area contributed by atoms with Gasteiger partial charge in [0.2, 0.25) is 15.9 Å². The minimum atomic E-state index is -3.78. The van der Waals surface area contributed by atoms with Crippen molar-refractivity contribution >= 4 is 27.0 Å². The second kappa shape index (κ2) is 14.4. The van der Waals surface area contributed by atoms with Crippen LogP contribution in [0.5, 0.6) is 17.4 Å². The zero-order valence-electron chi connectivity index (χ0n) is 29.7. The number of rotatable bonds is 9. The van der Waals surface area contributed by atoms with E-state index in [1.807, 2.05) is 35.8 Å². The highest BCUT2D eigenvalue weighted by Crippen LogP contribution is 2.36. The van der Waals surface area contributed by atoms with Crippen molar-refractivity contribution < 1.29 is 36.6 Å². The molecule has 4 heterocycles. The summed E-state index contributed by atoms with van der Waals surface area (Å²) in [5, 5.41) is 0. The smallest absolute Gasteiger partial charge is 0.264 e. The number of halogens is 1. The number of nitrogens with zero attached hydrogens (tertiary/aromatic N) is 3. The third-order valence-electron chi connectivity index (χ3n) is 10.1. The van der Waals surface area contributed by atoms with E-state index in [4.69, 9.17) is 28.9 Å². The Morgan fingerprint density at radius 2 is 1.87 bits per heavy atom. The number of nitrogens with one attached hydrogen (secondary N) is 1. The standard InChI is InChI=1S/C40H41FN4O7S/c1-24-15-28(35-20-32(24)33-6-3-7-38(42-33)52-22-27-10-11-30(41)16-26(27)5-4-13-51-35)19-37-43-39-34(45(37)21-31-12-14-50-31)17-29(18-36(39)49-2)40(46)44-53(47,48)23-25-8-9-25/h3,6-7,10-11,15-18,20,25,31H,4-5,8-9,12-14,19,21-23H2,1-2H3,(H,44,46)/t31-/m0/s1. The average Bonchev–Trinajstić information content (AvgIpc) is 3.85. The molecule has 0 radical (unpaired) electrons. The van der Waals surface area contributed by atoms with E-state index in [0.717, 1.165) is 52.8 Å². The summed E-state index contributed by atoms with van der Waals surface area (Å²) in [6.45, 7) is 3.85. The number of pyridine rings is 1. The second-order valence-corrected chi connectivity index (χ2v) is 15.9. The molecule has 2 aromatic heterocycles. The lowest BCUT2D eigenvalue weighted by molar-refractivity contribution is -0.0589. The summed E-state index contributed by atoms with van der Waals surface area (Å²) < 4.78 is 68.1. The van der Waals surface area contributed by atoms with E-state index in [2.05, 4.69) is 10.8 Å². The monoisotopic (exact) mass is 740 g/mol. The molecule has 1 atom stereocenters. The summed E-state index contributed by atoms with van der Waals surface area (Å²) in [6, 6.07) is 17.7. The first-order valence-electron chi connectivity index (χ1n) is 18.0. The van der Waals surface area contributed by atoms with Crippen LogP contribution in [0, 0.1) is 18.7 Å². The first-order chi connectivity index (χ1) is 25.6. The number of aryl methyl sites for hydroxylation is 2. The van der Waals surface area contributed by atoms with Crippen LogP contribution in [-0.4, -0.2) is 61.0 Å². The Bertz CT molecular complexity index is 2320. The fourth-order valence-corrected chi connectivity index (χ4v) is 8.45. The average molecular weight is 741 g/mol. The van der Waals surface area contributed by atoms with Crippen LogP contribution in [0.2, 0.25) is 0 Å².